The van der Waals surface area contributed by atoms with Gasteiger partial charge >= 0.3 is 0 Å². The van der Waals surface area contributed by atoms with Crippen LogP contribution in [0, 0.1) is 5.82 Å². The molecule has 2 heteroatoms. The standard InChI is InChI=1S/C13H18FN/c1-2-3-4-8-13(15)10-11-6-5-7-12(14)9-11/h2,5-7,9,13H,1,3-4,8,10,15H2. The molecule has 0 aliphatic heterocycles. The van der Waals surface area contributed by atoms with Crippen LogP contribution in [-0.2, 0) is 6.42 Å². The number of allylic oxidation sites excluding steroid dienone is 1. The van der Waals surface area contributed by atoms with Crippen LogP contribution in [0.1, 0.15) is 24.8 Å². The van der Waals surface area contributed by atoms with Gasteiger partial charge in [0.2, 0.25) is 0 Å². The van der Waals surface area contributed by atoms with Crippen molar-refractivity contribution in [1.29, 1.82) is 0 Å². The molecule has 0 aromatic heterocycles. The quantitative estimate of drug-likeness (QED) is 0.563. The van der Waals surface area contributed by atoms with Gasteiger partial charge in [-0.3, -0.25) is 0 Å². The van der Waals surface area contributed by atoms with Crippen molar-refractivity contribution >= 4 is 0 Å². The maximum Gasteiger partial charge on any atom is 0.123 e. The molecule has 1 aromatic carbocycles. The Labute approximate surface area is 90.8 Å². The molecule has 15 heavy (non-hydrogen) atoms. The van der Waals surface area contributed by atoms with Gasteiger partial charge < -0.3 is 5.73 Å². The van der Waals surface area contributed by atoms with Gasteiger partial charge in [-0.2, -0.15) is 0 Å². The zero-order valence-corrected chi connectivity index (χ0v) is 8.95. The second-order valence-corrected chi connectivity index (χ2v) is 3.81. The van der Waals surface area contributed by atoms with E-state index in [1.165, 1.54) is 6.07 Å². The molecule has 0 aliphatic rings. The van der Waals surface area contributed by atoms with Crippen LogP contribution in [0.2, 0.25) is 0 Å². The van der Waals surface area contributed by atoms with E-state index >= 15 is 0 Å². The highest BCUT2D eigenvalue weighted by Gasteiger charge is 2.04. The van der Waals surface area contributed by atoms with Gasteiger partial charge in [0.05, 0.1) is 0 Å². The van der Waals surface area contributed by atoms with Crippen LogP contribution < -0.4 is 5.73 Å². The first-order valence-corrected chi connectivity index (χ1v) is 5.33. The first-order chi connectivity index (χ1) is 7.22. The van der Waals surface area contributed by atoms with Gasteiger partial charge in [0.25, 0.3) is 0 Å². The van der Waals surface area contributed by atoms with E-state index < -0.39 is 0 Å². The Morgan fingerprint density at radius 1 is 1.47 bits per heavy atom. The molecule has 0 heterocycles. The molecule has 82 valence electrons. The fraction of sp³-hybridized carbons (Fsp3) is 0.385. The molecule has 0 radical (unpaired) electrons. The zero-order chi connectivity index (χ0) is 11.1. The largest absolute Gasteiger partial charge is 0.327 e. The molecule has 0 bridgehead atoms. The molecule has 1 aromatic rings. The van der Waals surface area contributed by atoms with Gasteiger partial charge in [-0.05, 0) is 43.4 Å². The average Bonchev–Trinajstić information content (AvgIpc) is 2.18. The summed E-state index contributed by atoms with van der Waals surface area (Å²) in [6, 6.07) is 6.75. The van der Waals surface area contributed by atoms with Crippen LogP contribution in [-0.4, -0.2) is 6.04 Å². The van der Waals surface area contributed by atoms with Crippen LogP contribution in [0.3, 0.4) is 0 Å². The molecule has 0 saturated carbocycles. The van der Waals surface area contributed by atoms with Crippen molar-refractivity contribution in [2.75, 3.05) is 0 Å². The van der Waals surface area contributed by atoms with Crippen LogP contribution in [0.25, 0.3) is 0 Å². The van der Waals surface area contributed by atoms with Crippen LogP contribution >= 0.6 is 0 Å². The topological polar surface area (TPSA) is 26.0 Å². The maximum atomic E-state index is 12.9. The molecular formula is C13H18FN. The van der Waals surface area contributed by atoms with Crippen molar-refractivity contribution in [2.45, 2.75) is 31.7 Å². The summed E-state index contributed by atoms with van der Waals surface area (Å²) in [4.78, 5) is 0. The summed E-state index contributed by atoms with van der Waals surface area (Å²) in [6.07, 6.45) is 5.66. The Balaban J connectivity index is 2.37. The highest BCUT2D eigenvalue weighted by atomic mass is 19.1. The summed E-state index contributed by atoms with van der Waals surface area (Å²) in [5.74, 6) is -0.189. The smallest absolute Gasteiger partial charge is 0.123 e. The van der Waals surface area contributed by atoms with Gasteiger partial charge in [0.1, 0.15) is 5.82 Å². The third-order valence-corrected chi connectivity index (χ3v) is 2.37. The van der Waals surface area contributed by atoms with E-state index in [9.17, 15) is 4.39 Å². The van der Waals surface area contributed by atoms with E-state index in [1.54, 1.807) is 12.1 Å². The van der Waals surface area contributed by atoms with Crippen LogP contribution in [0.15, 0.2) is 36.9 Å². The molecule has 0 saturated heterocycles. The van der Waals surface area contributed by atoms with Gasteiger partial charge in [-0.1, -0.05) is 18.2 Å². The van der Waals surface area contributed by atoms with E-state index in [0.717, 1.165) is 31.2 Å². The number of hydrogen-bond donors (Lipinski definition) is 1. The lowest BCUT2D eigenvalue weighted by Gasteiger charge is -2.10. The van der Waals surface area contributed by atoms with Gasteiger partial charge in [0, 0.05) is 6.04 Å². The normalized spacial score (nSPS) is 12.4. The Hall–Kier alpha value is -1.15. The Morgan fingerprint density at radius 2 is 2.27 bits per heavy atom. The summed E-state index contributed by atoms with van der Waals surface area (Å²) in [5.41, 5.74) is 6.91. The lowest BCUT2D eigenvalue weighted by atomic mass is 10.0. The number of rotatable bonds is 6. The lowest BCUT2D eigenvalue weighted by molar-refractivity contribution is 0.579. The predicted molar refractivity (Wildman–Crippen MR) is 62.1 cm³/mol. The highest BCUT2D eigenvalue weighted by Crippen LogP contribution is 2.09. The van der Waals surface area contributed by atoms with Crippen molar-refractivity contribution in [3.05, 3.63) is 48.3 Å². The molecule has 1 rings (SSSR count). The van der Waals surface area contributed by atoms with Crippen molar-refractivity contribution in [1.82, 2.24) is 0 Å². The number of unbranched alkanes of at least 4 members (excludes halogenated alkanes) is 1. The molecule has 0 aliphatic carbocycles. The molecule has 1 atom stereocenters. The molecule has 0 spiro atoms. The SMILES string of the molecule is C=CCCCC(N)Cc1cccc(F)c1. The summed E-state index contributed by atoms with van der Waals surface area (Å²) in [5, 5.41) is 0. The second kappa shape index (κ2) is 6.36. The number of hydrogen-bond acceptors (Lipinski definition) is 1. The summed E-state index contributed by atoms with van der Waals surface area (Å²) in [7, 11) is 0. The van der Waals surface area contributed by atoms with Crippen molar-refractivity contribution in [2.24, 2.45) is 5.73 Å². The molecule has 0 fully saturated rings. The van der Waals surface area contributed by atoms with Gasteiger partial charge in [-0.25, -0.2) is 4.39 Å². The number of benzene rings is 1. The summed E-state index contributed by atoms with van der Waals surface area (Å²) >= 11 is 0. The van der Waals surface area contributed by atoms with E-state index in [-0.39, 0.29) is 11.9 Å². The van der Waals surface area contributed by atoms with Gasteiger partial charge in [-0.15, -0.1) is 6.58 Å². The number of halogens is 1. The Bertz CT molecular complexity index is 309. The van der Waals surface area contributed by atoms with Gasteiger partial charge in [0.15, 0.2) is 0 Å². The average molecular weight is 207 g/mol. The van der Waals surface area contributed by atoms with E-state index in [4.69, 9.17) is 5.73 Å². The highest BCUT2D eigenvalue weighted by molar-refractivity contribution is 5.17. The van der Waals surface area contributed by atoms with Crippen molar-refractivity contribution in [3.63, 3.8) is 0 Å². The van der Waals surface area contributed by atoms with E-state index in [0.29, 0.717) is 0 Å². The Morgan fingerprint density at radius 3 is 2.93 bits per heavy atom. The fourth-order valence-corrected chi connectivity index (χ4v) is 1.59. The number of nitrogens with two attached hydrogens (primary N) is 1. The summed E-state index contributed by atoms with van der Waals surface area (Å²) < 4.78 is 12.9. The zero-order valence-electron chi connectivity index (χ0n) is 8.95. The minimum absolute atomic E-state index is 0.117. The third kappa shape index (κ3) is 4.75. The van der Waals surface area contributed by atoms with Crippen LogP contribution in [0.5, 0.6) is 0 Å². The monoisotopic (exact) mass is 207 g/mol. The summed E-state index contributed by atoms with van der Waals surface area (Å²) in [6.45, 7) is 3.66. The van der Waals surface area contributed by atoms with E-state index in [1.807, 2.05) is 12.1 Å². The Kier molecular flexibility index (Phi) is 5.05. The minimum atomic E-state index is -0.189. The lowest BCUT2D eigenvalue weighted by Crippen LogP contribution is -2.22. The first-order valence-electron chi connectivity index (χ1n) is 5.33. The van der Waals surface area contributed by atoms with Crippen molar-refractivity contribution < 1.29 is 4.39 Å². The molecular weight excluding hydrogens is 189 g/mol. The molecule has 1 nitrogen and oxygen atoms in total. The fourth-order valence-electron chi connectivity index (χ4n) is 1.59. The molecule has 2 N–H and O–H groups in total. The first kappa shape index (κ1) is 11.9. The predicted octanol–water partition coefficient (Wildman–Crippen LogP) is 3.05. The minimum Gasteiger partial charge on any atom is -0.327 e. The molecule has 0 amide bonds. The third-order valence-electron chi connectivity index (χ3n) is 2.37. The van der Waals surface area contributed by atoms with Crippen molar-refractivity contribution in [3.8, 4) is 0 Å². The maximum absolute atomic E-state index is 12.9. The van der Waals surface area contributed by atoms with Crippen LogP contribution in [0.4, 0.5) is 4.39 Å². The van der Waals surface area contributed by atoms with E-state index in [2.05, 4.69) is 6.58 Å². The second-order valence-electron chi connectivity index (χ2n) is 3.81. The molecule has 1 unspecified atom stereocenters.